The first-order valence-corrected chi connectivity index (χ1v) is 6.36. The summed E-state index contributed by atoms with van der Waals surface area (Å²) in [4.78, 5) is 16.1. The zero-order valence-corrected chi connectivity index (χ0v) is 11.9. The molecule has 90 valence electrons. The van der Waals surface area contributed by atoms with Crippen molar-refractivity contribution in [2.45, 2.75) is 19.9 Å². The van der Waals surface area contributed by atoms with Crippen LogP contribution < -0.4 is 5.56 Å². The van der Waals surface area contributed by atoms with Gasteiger partial charge in [0.1, 0.15) is 5.82 Å². The van der Waals surface area contributed by atoms with E-state index in [1.165, 1.54) is 0 Å². The Morgan fingerprint density at radius 2 is 2.24 bits per heavy atom. The molecule has 0 saturated heterocycles. The third kappa shape index (κ3) is 2.56. The van der Waals surface area contributed by atoms with Crippen molar-refractivity contribution in [1.82, 2.24) is 19.3 Å². The zero-order valence-electron chi connectivity index (χ0n) is 9.72. The Bertz CT molecular complexity index is 587. The van der Waals surface area contributed by atoms with Gasteiger partial charge in [0, 0.05) is 38.1 Å². The minimum atomic E-state index is 0.0280. The second-order valence-electron chi connectivity index (χ2n) is 3.81. The fourth-order valence-electron chi connectivity index (χ4n) is 1.69. The Morgan fingerprint density at radius 3 is 2.88 bits per heavy atom. The maximum Gasteiger partial charge on any atom is 0.266 e. The highest BCUT2D eigenvalue weighted by Gasteiger charge is 2.06. The van der Waals surface area contributed by atoms with Crippen LogP contribution in [0.2, 0.25) is 0 Å². The summed E-state index contributed by atoms with van der Waals surface area (Å²) in [7, 11) is 1.90. The number of halogens is 1. The number of hydrogen-bond donors (Lipinski definition) is 0. The number of nitrogens with zero attached hydrogens (tertiary/aromatic N) is 4. The van der Waals surface area contributed by atoms with Gasteiger partial charge < -0.3 is 0 Å². The van der Waals surface area contributed by atoms with Gasteiger partial charge in [0.05, 0.1) is 3.57 Å². The van der Waals surface area contributed by atoms with E-state index in [4.69, 9.17) is 0 Å². The van der Waals surface area contributed by atoms with Crippen molar-refractivity contribution in [2.24, 2.45) is 7.05 Å². The quantitative estimate of drug-likeness (QED) is 0.785. The summed E-state index contributed by atoms with van der Waals surface area (Å²) >= 11 is 2.01. The monoisotopic (exact) mass is 344 g/mol. The lowest BCUT2D eigenvalue weighted by atomic mass is 10.3. The molecular weight excluding hydrogens is 331 g/mol. The summed E-state index contributed by atoms with van der Waals surface area (Å²) in [5.41, 5.74) is 1.13. The maximum absolute atomic E-state index is 11.9. The van der Waals surface area contributed by atoms with Crippen LogP contribution in [0.15, 0.2) is 23.3 Å². The van der Waals surface area contributed by atoms with Crippen molar-refractivity contribution in [3.63, 3.8) is 0 Å². The lowest BCUT2D eigenvalue weighted by Crippen LogP contribution is -2.26. The lowest BCUT2D eigenvalue weighted by Gasteiger charge is -2.09. The van der Waals surface area contributed by atoms with E-state index in [-0.39, 0.29) is 5.56 Å². The summed E-state index contributed by atoms with van der Waals surface area (Å²) < 4.78 is 4.18. The minimum absolute atomic E-state index is 0.0280. The van der Waals surface area contributed by atoms with Gasteiger partial charge in [-0.2, -0.15) is 5.10 Å². The Labute approximate surface area is 113 Å². The van der Waals surface area contributed by atoms with E-state index < -0.39 is 0 Å². The topological polar surface area (TPSA) is 52.7 Å². The van der Waals surface area contributed by atoms with Crippen LogP contribution in [-0.2, 0) is 20.0 Å². The van der Waals surface area contributed by atoms with E-state index in [9.17, 15) is 4.79 Å². The zero-order chi connectivity index (χ0) is 12.4. The van der Waals surface area contributed by atoms with Crippen LogP contribution in [0.4, 0.5) is 0 Å². The molecule has 0 unspecified atom stereocenters. The van der Waals surface area contributed by atoms with Crippen molar-refractivity contribution in [1.29, 1.82) is 0 Å². The minimum Gasteiger partial charge on any atom is -0.296 e. The summed E-state index contributed by atoms with van der Waals surface area (Å²) in [6.45, 7) is 2.48. The molecule has 0 radical (unpaired) electrons. The SMILES string of the molecule is Cc1ncc(I)c(=O)n1CCc1ccnn1C. The highest BCUT2D eigenvalue weighted by Crippen LogP contribution is 2.02. The van der Waals surface area contributed by atoms with Crippen molar-refractivity contribution in [2.75, 3.05) is 0 Å². The molecule has 0 spiro atoms. The molecule has 2 rings (SSSR count). The number of aromatic nitrogens is 4. The van der Waals surface area contributed by atoms with Crippen LogP contribution >= 0.6 is 22.6 Å². The predicted octanol–water partition coefficient (Wildman–Crippen LogP) is 1.13. The van der Waals surface area contributed by atoms with Crippen LogP contribution in [-0.4, -0.2) is 19.3 Å². The van der Waals surface area contributed by atoms with Crippen LogP contribution in [0.25, 0.3) is 0 Å². The van der Waals surface area contributed by atoms with Gasteiger partial charge in [-0.25, -0.2) is 4.98 Å². The van der Waals surface area contributed by atoms with E-state index in [1.807, 2.05) is 47.3 Å². The first kappa shape index (κ1) is 12.3. The number of aryl methyl sites for hydroxylation is 3. The molecule has 17 heavy (non-hydrogen) atoms. The van der Waals surface area contributed by atoms with E-state index in [1.54, 1.807) is 17.0 Å². The molecule has 0 saturated carbocycles. The molecule has 0 aliphatic carbocycles. The molecule has 6 heteroatoms. The molecule has 0 amide bonds. The third-order valence-corrected chi connectivity index (χ3v) is 3.46. The van der Waals surface area contributed by atoms with Gasteiger partial charge in [0.2, 0.25) is 0 Å². The largest absolute Gasteiger partial charge is 0.296 e. The van der Waals surface area contributed by atoms with Crippen LogP contribution in [0.3, 0.4) is 0 Å². The fraction of sp³-hybridized carbons (Fsp3) is 0.364. The summed E-state index contributed by atoms with van der Waals surface area (Å²) in [5, 5.41) is 4.10. The molecule has 0 aromatic carbocycles. The van der Waals surface area contributed by atoms with Crippen LogP contribution in [0.1, 0.15) is 11.5 Å². The third-order valence-electron chi connectivity index (χ3n) is 2.72. The molecule has 0 N–H and O–H groups in total. The van der Waals surface area contributed by atoms with Crippen molar-refractivity contribution < 1.29 is 0 Å². The van der Waals surface area contributed by atoms with Gasteiger partial charge in [-0.05, 0) is 35.6 Å². The van der Waals surface area contributed by atoms with Gasteiger partial charge in [0.15, 0.2) is 0 Å². The molecule has 2 aromatic heterocycles. The van der Waals surface area contributed by atoms with Gasteiger partial charge in [-0.15, -0.1) is 0 Å². The normalized spacial score (nSPS) is 10.8. The number of hydrogen-bond acceptors (Lipinski definition) is 3. The molecule has 2 heterocycles. The Hall–Kier alpha value is -1.18. The highest BCUT2D eigenvalue weighted by molar-refractivity contribution is 14.1. The molecule has 2 aromatic rings. The molecule has 0 aliphatic heterocycles. The molecule has 5 nitrogen and oxygen atoms in total. The maximum atomic E-state index is 11.9. The smallest absolute Gasteiger partial charge is 0.266 e. The van der Waals surface area contributed by atoms with E-state index in [2.05, 4.69) is 10.1 Å². The van der Waals surface area contributed by atoms with Gasteiger partial charge >= 0.3 is 0 Å². The summed E-state index contributed by atoms with van der Waals surface area (Å²) in [6.07, 6.45) is 4.15. The van der Waals surface area contributed by atoms with Gasteiger partial charge in [0.25, 0.3) is 5.56 Å². The molecular formula is C11H13IN4O. The van der Waals surface area contributed by atoms with E-state index >= 15 is 0 Å². The van der Waals surface area contributed by atoms with Gasteiger partial charge in [-0.3, -0.25) is 14.0 Å². The first-order valence-electron chi connectivity index (χ1n) is 5.28. The second kappa shape index (κ2) is 4.99. The fourth-order valence-corrected chi connectivity index (χ4v) is 2.12. The van der Waals surface area contributed by atoms with E-state index in [0.29, 0.717) is 10.1 Å². The average Bonchev–Trinajstić information content (AvgIpc) is 2.70. The standard InChI is InChI=1S/C11H13IN4O/c1-8-13-7-10(12)11(17)16(8)6-4-9-3-5-14-15(9)2/h3,5,7H,4,6H2,1-2H3. The van der Waals surface area contributed by atoms with Crippen LogP contribution in [0, 0.1) is 10.5 Å². The highest BCUT2D eigenvalue weighted by atomic mass is 127. The lowest BCUT2D eigenvalue weighted by molar-refractivity contribution is 0.595. The molecule has 0 aliphatic rings. The summed E-state index contributed by atoms with van der Waals surface area (Å²) in [6, 6.07) is 1.96. The van der Waals surface area contributed by atoms with E-state index in [0.717, 1.165) is 17.9 Å². The average molecular weight is 344 g/mol. The molecule has 0 atom stereocenters. The predicted molar refractivity (Wildman–Crippen MR) is 72.9 cm³/mol. The number of rotatable bonds is 3. The Kier molecular flexibility index (Phi) is 3.60. The van der Waals surface area contributed by atoms with Crippen molar-refractivity contribution in [3.05, 3.63) is 43.9 Å². The van der Waals surface area contributed by atoms with Crippen LogP contribution in [0.5, 0.6) is 0 Å². The van der Waals surface area contributed by atoms with Gasteiger partial charge in [-0.1, -0.05) is 0 Å². The van der Waals surface area contributed by atoms with Crippen molar-refractivity contribution in [3.8, 4) is 0 Å². The Balaban J connectivity index is 2.23. The molecule has 0 bridgehead atoms. The molecule has 0 fully saturated rings. The second-order valence-corrected chi connectivity index (χ2v) is 4.97. The van der Waals surface area contributed by atoms with Crippen molar-refractivity contribution >= 4 is 22.6 Å². The first-order chi connectivity index (χ1) is 8.09. The summed E-state index contributed by atoms with van der Waals surface area (Å²) in [5.74, 6) is 0.748. The Morgan fingerprint density at radius 1 is 1.47 bits per heavy atom.